The van der Waals surface area contributed by atoms with Gasteiger partial charge in [0.1, 0.15) is 0 Å². The minimum absolute atomic E-state index is 0.305. The van der Waals surface area contributed by atoms with E-state index in [1.807, 2.05) is 11.3 Å². The van der Waals surface area contributed by atoms with Gasteiger partial charge in [0.05, 0.1) is 5.69 Å². The van der Waals surface area contributed by atoms with E-state index in [4.69, 9.17) is 4.98 Å². The highest BCUT2D eigenvalue weighted by Crippen LogP contribution is 2.29. The molecule has 108 valence electrons. The molecule has 0 atom stereocenters. The lowest BCUT2D eigenvalue weighted by atomic mass is 9.96. The fourth-order valence-corrected chi connectivity index (χ4v) is 3.31. The molecule has 1 aromatic rings. The van der Waals surface area contributed by atoms with Gasteiger partial charge in [0, 0.05) is 31.1 Å². The lowest BCUT2D eigenvalue weighted by Gasteiger charge is -2.26. The third kappa shape index (κ3) is 4.46. The van der Waals surface area contributed by atoms with E-state index in [2.05, 4.69) is 45.0 Å². The van der Waals surface area contributed by atoms with Crippen molar-refractivity contribution in [3.05, 3.63) is 10.6 Å². The minimum Gasteiger partial charge on any atom is -0.351 e. The van der Waals surface area contributed by atoms with Crippen molar-refractivity contribution in [1.29, 1.82) is 0 Å². The Kier molecular flexibility index (Phi) is 4.51. The van der Waals surface area contributed by atoms with Crippen LogP contribution in [0.1, 0.15) is 51.1 Å². The van der Waals surface area contributed by atoms with Crippen molar-refractivity contribution in [2.24, 2.45) is 5.41 Å². The van der Waals surface area contributed by atoms with E-state index in [-0.39, 0.29) is 0 Å². The van der Waals surface area contributed by atoms with E-state index in [0.717, 1.165) is 25.6 Å². The van der Waals surface area contributed by atoms with Gasteiger partial charge in [-0.3, -0.25) is 0 Å². The quantitative estimate of drug-likeness (QED) is 0.866. The zero-order chi connectivity index (χ0) is 14.0. The summed E-state index contributed by atoms with van der Waals surface area (Å²) in [6, 6.07) is 0.766. The predicted octanol–water partition coefficient (Wildman–Crippen LogP) is 3.44. The molecule has 0 aromatic carbocycles. The summed E-state index contributed by atoms with van der Waals surface area (Å²) in [4.78, 5) is 8.53. The minimum atomic E-state index is 0.305. The van der Waals surface area contributed by atoms with Crippen LogP contribution in [0.15, 0.2) is 0 Å². The molecule has 0 amide bonds. The van der Waals surface area contributed by atoms with E-state index in [1.54, 1.807) is 0 Å². The van der Waals surface area contributed by atoms with Crippen molar-refractivity contribution in [1.82, 2.24) is 10.3 Å². The summed E-state index contributed by atoms with van der Waals surface area (Å²) in [5.74, 6) is 0. The standard InChI is InChI=1S/C15H27N3S/c1-6-12-13(9-16-11-7-8-11)19-14(17-12)18(5)10-15(2,3)4/h11,16H,6-10H2,1-5H3. The molecule has 2 rings (SSSR count). The second-order valence-corrected chi connectivity index (χ2v) is 7.85. The molecular formula is C15H27N3S. The van der Waals surface area contributed by atoms with Crippen LogP contribution >= 0.6 is 11.3 Å². The smallest absolute Gasteiger partial charge is 0.185 e. The first-order valence-electron chi connectivity index (χ1n) is 7.32. The Morgan fingerprint density at radius 3 is 2.58 bits per heavy atom. The maximum Gasteiger partial charge on any atom is 0.185 e. The Hall–Kier alpha value is -0.610. The molecule has 0 spiro atoms. The van der Waals surface area contributed by atoms with E-state index in [1.165, 1.54) is 28.5 Å². The van der Waals surface area contributed by atoms with Gasteiger partial charge in [0.25, 0.3) is 0 Å². The molecule has 1 aliphatic carbocycles. The SMILES string of the molecule is CCc1nc(N(C)CC(C)(C)C)sc1CNC1CC1. The van der Waals surface area contributed by atoms with Crippen molar-refractivity contribution < 1.29 is 0 Å². The van der Waals surface area contributed by atoms with Gasteiger partial charge in [0.15, 0.2) is 5.13 Å². The Labute approximate surface area is 121 Å². The number of aryl methyl sites for hydroxylation is 1. The van der Waals surface area contributed by atoms with Gasteiger partial charge in [-0.15, -0.1) is 11.3 Å². The highest BCUT2D eigenvalue weighted by molar-refractivity contribution is 7.15. The number of aromatic nitrogens is 1. The number of hydrogen-bond donors (Lipinski definition) is 1. The Morgan fingerprint density at radius 1 is 1.37 bits per heavy atom. The largest absolute Gasteiger partial charge is 0.351 e. The maximum absolute atomic E-state index is 4.82. The Balaban J connectivity index is 2.03. The molecule has 0 bridgehead atoms. The third-order valence-corrected chi connectivity index (χ3v) is 4.48. The van der Waals surface area contributed by atoms with Crippen molar-refractivity contribution >= 4 is 16.5 Å². The Bertz CT molecular complexity index is 416. The lowest BCUT2D eigenvalue weighted by molar-refractivity contribution is 0.418. The van der Waals surface area contributed by atoms with E-state index >= 15 is 0 Å². The van der Waals surface area contributed by atoms with Crippen LogP contribution in [0.2, 0.25) is 0 Å². The van der Waals surface area contributed by atoms with Gasteiger partial charge >= 0.3 is 0 Å². The third-order valence-electron chi connectivity index (χ3n) is 3.27. The maximum atomic E-state index is 4.82. The van der Waals surface area contributed by atoms with Crippen molar-refractivity contribution in [3.63, 3.8) is 0 Å². The monoisotopic (exact) mass is 281 g/mol. The highest BCUT2D eigenvalue weighted by Gasteiger charge is 2.22. The molecule has 4 heteroatoms. The Morgan fingerprint density at radius 2 is 2.05 bits per heavy atom. The fraction of sp³-hybridized carbons (Fsp3) is 0.800. The van der Waals surface area contributed by atoms with Crippen LogP contribution in [-0.2, 0) is 13.0 Å². The molecule has 1 aliphatic rings. The second-order valence-electron chi connectivity index (χ2n) is 6.79. The van der Waals surface area contributed by atoms with Gasteiger partial charge in [-0.1, -0.05) is 27.7 Å². The van der Waals surface area contributed by atoms with Gasteiger partial charge in [-0.25, -0.2) is 4.98 Å². The number of hydrogen-bond acceptors (Lipinski definition) is 4. The van der Waals surface area contributed by atoms with Crippen LogP contribution in [0.3, 0.4) is 0 Å². The fourth-order valence-electron chi connectivity index (χ4n) is 2.25. The number of thiazole rings is 1. The molecular weight excluding hydrogens is 254 g/mol. The molecule has 0 unspecified atom stereocenters. The number of anilines is 1. The summed E-state index contributed by atoms with van der Waals surface area (Å²) in [6.45, 7) is 11.0. The molecule has 1 heterocycles. The summed E-state index contributed by atoms with van der Waals surface area (Å²) in [7, 11) is 2.15. The van der Waals surface area contributed by atoms with Crippen LogP contribution in [0, 0.1) is 5.41 Å². The molecule has 0 radical (unpaired) electrons. The first-order chi connectivity index (χ1) is 8.89. The van der Waals surface area contributed by atoms with Gasteiger partial charge in [0.2, 0.25) is 0 Å². The van der Waals surface area contributed by atoms with Crippen molar-refractivity contribution in [3.8, 4) is 0 Å². The summed E-state index contributed by atoms with van der Waals surface area (Å²) < 4.78 is 0. The van der Waals surface area contributed by atoms with Gasteiger partial charge < -0.3 is 10.2 Å². The van der Waals surface area contributed by atoms with Crippen molar-refractivity contribution in [2.45, 2.75) is 59.5 Å². The van der Waals surface area contributed by atoms with Crippen LogP contribution < -0.4 is 10.2 Å². The van der Waals surface area contributed by atoms with Crippen LogP contribution in [0.25, 0.3) is 0 Å². The van der Waals surface area contributed by atoms with Gasteiger partial charge in [-0.05, 0) is 24.7 Å². The zero-order valence-corrected chi connectivity index (χ0v) is 13.7. The lowest BCUT2D eigenvalue weighted by Crippen LogP contribution is -2.28. The van der Waals surface area contributed by atoms with E-state index < -0.39 is 0 Å². The van der Waals surface area contributed by atoms with Crippen LogP contribution in [0.4, 0.5) is 5.13 Å². The van der Waals surface area contributed by atoms with Crippen molar-refractivity contribution in [2.75, 3.05) is 18.5 Å². The molecule has 1 fully saturated rings. The first-order valence-corrected chi connectivity index (χ1v) is 8.14. The molecule has 1 aromatic heterocycles. The predicted molar refractivity (Wildman–Crippen MR) is 84.1 cm³/mol. The highest BCUT2D eigenvalue weighted by atomic mass is 32.1. The first kappa shape index (κ1) is 14.8. The molecule has 3 nitrogen and oxygen atoms in total. The summed E-state index contributed by atoms with van der Waals surface area (Å²) in [6.07, 6.45) is 3.72. The van der Waals surface area contributed by atoms with Crippen LogP contribution in [-0.4, -0.2) is 24.6 Å². The summed E-state index contributed by atoms with van der Waals surface area (Å²) in [5.41, 5.74) is 1.58. The second kappa shape index (κ2) is 5.80. The van der Waals surface area contributed by atoms with Crippen LogP contribution in [0.5, 0.6) is 0 Å². The van der Waals surface area contributed by atoms with E-state index in [0.29, 0.717) is 5.41 Å². The number of nitrogens with zero attached hydrogens (tertiary/aromatic N) is 2. The topological polar surface area (TPSA) is 28.2 Å². The molecule has 0 aliphatic heterocycles. The average Bonchev–Trinajstić information content (AvgIpc) is 3.03. The average molecular weight is 281 g/mol. The molecule has 1 saturated carbocycles. The zero-order valence-electron chi connectivity index (χ0n) is 12.9. The van der Waals surface area contributed by atoms with Gasteiger partial charge in [-0.2, -0.15) is 0 Å². The molecule has 19 heavy (non-hydrogen) atoms. The molecule has 0 saturated heterocycles. The number of nitrogens with one attached hydrogen (secondary N) is 1. The molecule has 1 N–H and O–H groups in total. The number of rotatable bonds is 6. The summed E-state index contributed by atoms with van der Waals surface area (Å²) >= 11 is 1.85. The summed E-state index contributed by atoms with van der Waals surface area (Å²) in [5, 5.41) is 4.77. The normalized spacial score (nSPS) is 15.8. The van der Waals surface area contributed by atoms with E-state index in [9.17, 15) is 0 Å².